The van der Waals surface area contributed by atoms with Crippen molar-refractivity contribution in [2.45, 2.75) is 123 Å². The zero-order valence-corrected chi connectivity index (χ0v) is 26.2. The number of carbonyl (C=O) groups excluding carboxylic acids is 2. The Morgan fingerprint density at radius 1 is 1.05 bits per heavy atom. The van der Waals surface area contributed by atoms with E-state index in [-0.39, 0.29) is 55.4 Å². The van der Waals surface area contributed by atoms with Gasteiger partial charge >= 0.3 is 11.9 Å². The van der Waals surface area contributed by atoms with Crippen molar-refractivity contribution in [2.75, 3.05) is 18.9 Å². The second kappa shape index (κ2) is 20.6. The first-order valence-corrected chi connectivity index (χ1v) is 15.8. The molecule has 2 atom stereocenters. The van der Waals surface area contributed by atoms with Crippen molar-refractivity contribution >= 4 is 29.1 Å². The fourth-order valence-electron chi connectivity index (χ4n) is 4.48. The molecule has 2 rings (SSSR count). The average Bonchev–Trinajstić information content (AvgIpc) is 3.38. The fourth-order valence-corrected chi connectivity index (χ4v) is 4.48. The van der Waals surface area contributed by atoms with Crippen molar-refractivity contribution in [3.05, 3.63) is 28.8 Å². The van der Waals surface area contributed by atoms with Crippen LogP contribution in [0.2, 0.25) is 0 Å². The molecule has 0 aliphatic rings. The van der Waals surface area contributed by atoms with E-state index in [1.165, 1.54) is 19.2 Å². The summed E-state index contributed by atoms with van der Waals surface area (Å²) in [6, 6.07) is -0.577. The third kappa shape index (κ3) is 14.2. The number of aromatic nitrogens is 4. The van der Waals surface area contributed by atoms with Crippen LogP contribution < -0.4 is 17.0 Å². The summed E-state index contributed by atoms with van der Waals surface area (Å²) in [5.41, 5.74) is 11.7. The van der Waals surface area contributed by atoms with Gasteiger partial charge in [0.05, 0.1) is 12.9 Å². The quantitative estimate of drug-likeness (QED) is 0.0910. The molecule has 43 heavy (non-hydrogen) atoms. The summed E-state index contributed by atoms with van der Waals surface area (Å²) >= 11 is 0. The Labute approximate surface area is 254 Å². The van der Waals surface area contributed by atoms with Gasteiger partial charge in [0.2, 0.25) is 5.95 Å². The third-order valence-electron chi connectivity index (χ3n) is 7.18. The predicted molar refractivity (Wildman–Crippen MR) is 167 cm³/mol. The monoisotopic (exact) mass is 604 g/mol. The molecule has 0 bridgehead atoms. The van der Waals surface area contributed by atoms with Gasteiger partial charge in [-0.1, -0.05) is 71.4 Å². The maximum Gasteiger partial charge on any atom is 0.323 e. The number of H-pyrrole nitrogens is 1. The minimum Gasteiger partial charge on any atom is -0.463 e. The van der Waals surface area contributed by atoms with Crippen molar-refractivity contribution in [1.82, 2.24) is 19.5 Å². The highest BCUT2D eigenvalue weighted by Crippen LogP contribution is 2.15. The molecule has 0 aliphatic carbocycles. The van der Waals surface area contributed by atoms with E-state index in [0.29, 0.717) is 12.1 Å². The zero-order valence-electron chi connectivity index (χ0n) is 26.2. The molecule has 1 unspecified atom stereocenters. The summed E-state index contributed by atoms with van der Waals surface area (Å²) in [6.45, 7) is 6.52. The van der Waals surface area contributed by atoms with E-state index >= 15 is 0 Å². The lowest BCUT2D eigenvalue weighted by Gasteiger charge is -2.21. The van der Waals surface area contributed by atoms with Crippen LogP contribution in [0.25, 0.3) is 11.2 Å². The summed E-state index contributed by atoms with van der Waals surface area (Å²) in [5, 5.41) is 0. The molecule has 12 nitrogen and oxygen atoms in total. The van der Waals surface area contributed by atoms with E-state index in [0.717, 1.165) is 64.2 Å². The van der Waals surface area contributed by atoms with Gasteiger partial charge in [-0.15, -0.1) is 0 Å². The predicted octanol–water partition coefficient (Wildman–Crippen LogP) is 4.76. The highest BCUT2D eigenvalue weighted by molar-refractivity contribution is 5.76. The van der Waals surface area contributed by atoms with Crippen LogP contribution in [0.3, 0.4) is 0 Å². The van der Waals surface area contributed by atoms with Gasteiger partial charge in [-0.3, -0.25) is 23.9 Å². The molecule has 2 heterocycles. The molecule has 242 valence electrons. The number of nitrogen functional groups attached to an aromatic ring is 1. The van der Waals surface area contributed by atoms with Crippen LogP contribution in [-0.2, 0) is 30.5 Å². The Kier molecular flexibility index (Phi) is 17.2. The molecule has 12 heteroatoms. The van der Waals surface area contributed by atoms with E-state index in [1.54, 1.807) is 4.57 Å². The molecule has 0 spiro atoms. The van der Waals surface area contributed by atoms with Crippen molar-refractivity contribution in [1.29, 1.82) is 0 Å². The van der Waals surface area contributed by atoms with Crippen LogP contribution in [0.4, 0.5) is 5.95 Å². The largest absolute Gasteiger partial charge is 0.463 e. The second-order valence-corrected chi connectivity index (χ2v) is 11.3. The number of allylic oxidation sites excluding steroid dienone is 1. The minimum absolute atomic E-state index is 0.00578. The molecule has 0 saturated carbocycles. The Balaban J connectivity index is 1.50. The molecule has 0 amide bonds. The summed E-state index contributed by atoms with van der Waals surface area (Å²) in [4.78, 5) is 46.6. The highest BCUT2D eigenvalue weighted by atomic mass is 16.6. The summed E-state index contributed by atoms with van der Waals surface area (Å²) in [7, 11) is 0. The maximum atomic E-state index is 12.3. The van der Waals surface area contributed by atoms with Crippen LogP contribution in [0.15, 0.2) is 23.3 Å². The zero-order chi connectivity index (χ0) is 31.5. The Morgan fingerprint density at radius 3 is 2.56 bits per heavy atom. The van der Waals surface area contributed by atoms with E-state index in [9.17, 15) is 14.4 Å². The number of hydrogen-bond acceptors (Lipinski definition) is 10. The van der Waals surface area contributed by atoms with Crippen LogP contribution in [0, 0.1) is 5.92 Å². The first kappa shape index (κ1) is 35.9. The second-order valence-electron chi connectivity index (χ2n) is 11.3. The first-order chi connectivity index (χ1) is 20.7. The van der Waals surface area contributed by atoms with Crippen molar-refractivity contribution in [3.63, 3.8) is 0 Å². The number of ether oxygens (including phenoxy) is 3. The number of hydrogen-bond donors (Lipinski definition) is 3. The number of unbranched alkanes of at least 4 members (excludes halogenated alkanes) is 8. The Hall–Kier alpha value is -3.25. The van der Waals surface area contributed by atoms with Crippen molar-refractivity contribution in [3.8, 4) is 0 Å². The van der Waals surface area contributed by atoms with Gasteiger partial charge in [-0.05, 0) is 38.0 Å². The molecule has 0 fully saturated rings. The SMILES string of the molecule is CCCCCC[C@H](CC=CCCCCCCCC(=O)OCCOCn1cnc2c(=O)[nH]c(N)nc21)OC(=O)C(N)C(C)C. The summed E-state index contributed by atoms with van der Waals surface area (Å²) in [6.07, 6.45) is 18.2. The van der Waals surface area contributed by atoms with Crippen LogP contribution in [0.1, 0.15) is 104 Å². The number of nitrogens with one attached hydrogen (secondary N) is 1. The van der Waals surface area contributed by atoms with Gasteiger partial charge in [0, 0.05) is 12.8 Å². The topological polar surface area (TPSA) is 177 Å². The van der Waals surface area contributed by atoms with Crippen LogP contribution >= 0.6 is 0 Å². The number of fused-ring (bicyclic) bond motifs is 1. The van der Waals surface area contributed by atoms with E-state index < -0.39 is 11.6 Å². The van der Waals surface area contributed by atoms with E-state index in [2.05, 4.69) is 34.0 Å². The highest BCUT2D eigenvalue weighted by Gasteiger charge is 2.22. The molecule has 2 aromatic rings. The number of aromatic amines is 1. The Morgan fingerprint density at radius 2 is 1.79 bits per heavy atom. The van der Waals surface area contributed by atoms with Gasteiger partial charge in [0.25, 0.3) is 5.56 Å². The molecule has 0 aromatic carbocycles. The number of rotatable bonds is 23. The van der Waals surface area contributed by atoms with Crippen molar-refractivity contribution in [2.24, 2.45) is 11.7 Å². The lowest BCUT2D eigenvalue weighted by Crippen LogP contribution is -2.39. The lowest BCUT2D eigenvalue weighted by molar-refractivity contribution is -0.152. The molecule has 0 aliphatic heterocycles. The van der Waals surface area contributed by atoms with Gasteiger partial charge in [-0.2, -0.15) is 4.98 Å². The van der Waals surface area contributed by atoms with Gasteiger partial charge in [0.15, 0.2) is 11.2 Å². The summed E-state index contributed by atoms with van der Waals surface area (Å²) < 4.78 is 18.0. The van der Waals surface area contributed by atoms with E-state index in [1.807, 2.05) is 13.8 Å². The molecular weight excluding hydrogens is 552 g/mol. The maximum absolute atomic E-state index is 12.3. The van der Waals surface area contributed by atoms with E-state index in [4.69, 9.17) is 25.7 Å². The van der Waals surface area contributed by atoms with Crippen molar-refractivity contribution < 1.29 is 23.8 Å². The molecule has 2 aromatic heterocycles. The number of anilines is 1. The first-order valence-electron chi connectivity index (χ1n) is 15.8. The molecule has 0 saturated heterocycles. The molecule has 0 radical (unpaired) electrons. The number of nitrogens with two attached hydrogens (primary N) is 2. The fraction of sp³-hybridized carbons (Fsp3) is 0.710. The number of nitrogens with zero attached hydrogens (tertiary/aromatic N) is 3. The van der Waals surface area contributed by atoms with Gasteiger partial charge < -0.3 is 25.7 Å². The summed E-state index contributed by atoms with van der Waals surface area (Å²) in [5.74, 6) is -0.472. The Bertz CT molecular complexity index is 1180. The van der Waals surface area contributed by atoms with Crippen LogP contribution in [-0.4, -0.2) is 56.8 Å². The standard InChI is InChI=1S/C31H52N6O6/c1-4-5-6-13-16-24(43-30(40)26(32)23(2)3)17-14-11-9-7-8-10-12-15-18-25(38)42-20-19-41-22-37-21-34-27-28(37)35-31(33)36-29(27)39/h11,14,21,23-24,26H,4-10,12-13,15-20,22,32H2,1-3H3,(H3,33,35,36,39)/t24-,26?/m1/s1. The smallest absolute Gasteiger partial charge is 0.323 e. The van der Waals surface area contributed by atoms with Gasteiger partial charge in [-0.25, -0.2) is 4.98 Å². The van der Waals surface area contributed by atoms with Crippen LogP contribution in [0.5, 0.6) is 0 Å². The molecule has 5 N–H and O–H groups in total. The average molecular weight is 605 g/mol. The van der Waals surface area contributed by atoms with Gasteiger partial charge in [0.1, 0.15) is 25.5 Å². The lowest BCUT2D eigenvalue weighted by atomic mass is 10.0. The third-order valence-corrected chi connectivity index (χ3v) is 7.18. The minimum atomic E-state index is -0.577. The number of esters is 2. The number of carbonyl (C=O) groups is 2. The number of imidazole rings is 1. The molecular formula is C31H52N6O6. The normalized spacial score (nSPS) is 13.1.